The number of halogens is 2. The third kappa shape index (κ3) is 1.06. The van der Waals surface area contributed by atoms with Crippen molar-refractivity contribution in [2.45, 2.75) is 0 Å². The van der Waals surface area contributed by atoms with Gasteiger partial charge in [0.15, 0.2) is 0 Å². The average Bonchev–Trinajstić information content (AvgIpc) is 2.32. The summed E-state index contributed by atoms with van der Waals surface area (Å²) >= 11 is 6.84. The van der Waals surface area contributed by atoms with E-state index in [9.17, 15) is 0 Å². The van der Waals surface area contributed by atoms with Crippen LogP contribution >= 0.6 is 31.9 Å². The van der Waals surface area contributed by atoms with Crippen molar-refractivity contribution in [3.8, 4) is 0 Å². The van der Waals surface area contributed by atoms with Crippen LogP contribution in [-0.4, -0.2) is 4.98 Å². The highest BCUT2D eigenvalue weighted by atomic mass is 79.9. The Balaban J connectivity index is 2.95. The molecule has 0 saturated carbocycles. The fourth-order valence-corrected chi connectivity index (χ4v) is 2.02. The second-order valence-electron chi connectivity index (χ2n) is 2.52. The number of anilines is 1. The molecule has 12 heavy (non-hydrogen) atoms. The molecule has 4 heteroatoms. The largest absolute Gasteiger partial charge is 0.397 e. The molecule has 0 aliphatic carbocycles. The molecule has 2 nitrogen and oxygen atoms in total. The summed E-state index contributed by atoms with van der Waals surface area (Å²) in [6.07, 6.45) is 0. The lowest BCUT2D eigenvalue weighted by Gasteiger charge is -1.93. The Morgan fingerprint density at radius 2 is 2.00 bits per heavy atom. The number of aromatic nitrogens is 1. The van der Waals surface area contributed by atoms with Gasteiger partial charge in [0.1, 0.15) is 0 Å². The number of hydrogen-bond acceptors (Lipinski definition) is 1. The van der Waals surface area contributed by atoms with Gasteiger partial charge in [-0.3, -0.25) is 0 Å². The lowest BCUT2D eigenvalue weighted by Crippen LogP contribution is -1.84. The first-order valence-electron chi connectivity index (χ1n) is 3.41. The molecule has 62 valence electrons. The van der Waals surface area contributed by atoms with Gasteiger partial charge in [0.25, 0.3) is 0 Å². The topological polar surface area (TPSA) is 41.8 Å². The number of nitrogens with two attached hydrogens (primary N) is 1. The lowest BCUT2D eigenvalue weighted by molar-refractivity contribution is 1.40. The van der Waals surface area contributed by atoms with Gasteiger partial charge in [-0.1, -0.05) is 12.1 Å². The summed E-state index contributed by atoms with van der Waals surface area (Å²) in [5.41, 5.74) is 7.50. The summed E-state index contributed by atoms with van der Waals surface area (Å²) in [4.78, 5) is 3.14. The molecule has 0 amide bonds. The molecule has 0 radical (unpaired) electrons. The molecule has 0 bridgehead atoms. The standard InChI is InChI=1S/C8H6Br2N2/c9-6-4-2-1-3-5(11)7(4)12-8(6)10/h1-3,12H,11H2. The van der Waals surface area contributed by atoms with E-state index in [1.807, 2.05) is 18.2 Å². The monoisotopic (exact) mass is 288 g/mol. The Kier molecular flexibility index (Phi) is 1.88. The molecule has 0 aliphatic heterocycles. The summed E-state index contributed by atoms with van der Waals surface area (Å²) in [6.45, 7) is 0. The SMILES string of the molecule is Nc1cccc2c(Br)c(Br)[nH]c12. The molecule has 0 saturated heterocycles. The number of para-hydroxylation sites is 1. The molecule has 1 heterocycles. The van der Waals surface area contributed by atoms with Crippen molar-refractivity contribution in [3.05, 3.63) is 27.3 Å². The van der Waals surface area contributed by atoms with E-state index in [2.05, 4.69) is 36.8 Å². The molecule has 0 aliphatic rings. The van der Waals surface area contributed by atoms with Gasteiger partial charge < -0.3 is 10.7 Å². The average molecular weight is 290 g/mol. The van der Waals surface area contributed by atoms with E-state index in [1.165, 1.54) is 0 Å². The molecular weight excluding hydrogens is 284 g/mol. The van der Waals surface area contributed by atoms with Gasteiger partial charge in [0.05, 0.1) is 20.3 Å². The van der Waals surface area contributed by atoms with Gasteiger partial charge in [-0.05, 0) is 37.9 Å². The molecule has 1 aromatic heterocycles. The molecule has 0 atom stereocenters. The minimum atomic E-state index is 0.763. The molecule has 2 rings (SSSR count). The van der Waals surface area contributed by atoms with Gasteiger partial charge in [-0.2, -0.15) is 0 Å². The van der Waals surface area contributed by atoms with Gasteiger partial charge in [0, 0.05) is 5.39 Å². The van der Waals surface area contributed by atoms with Crippen molar-refractivity contribution < 1.29 is 0 Å². The van der Waals surface area contributed by atoms with Crippen LogP contribution in [0.3, 0.4) is 0 Å². The van der Waals surface area contributed by atoms with Crippen LogP contribution in [0.4, 0.5) is 5.69 Å². The molecule has 0 spiro atoms. The normalized spacial score (nSPS) is 10.8. The Morgan fingerprint density at radius 3 is 2.67 bits per heavy atom. The van der Waals surface area contributed by atoms with E-state index >= 15 is 0 Å². The Labute approximate surface area is 86.4 Å². The number of nitrogen functional groups attached to an aromatic ring is 1. The maximum atomic E-state index is 5.77. The molecule has 0 unspecified atom stereocenters. The third-order valence-electron chi connectivity index (χ3n) is 1.76. The van der Waals surface area contributed by atoms with E-state index in [0.29, 0.717) is 0 Å². The minimum absolute atomic E-state index is 0.763. The van der Waals surface area contributed by atoms with E-state index in [0.717, 1.165) is 25.7 Å². The van der Waals surface area contributed by atoms with Crippen LogP contribution in [-0.2, 0) is 0 Å². The first-order valence-corrected chi connectivity index (χ1v) is 5.00. The quantitative estimate of drug-likeness (QED) is 0.718. The van der Waals surface area contributed by atoms with Gasteiger partial charge in [-0.15, -0.1) is 0 Å². The predicted octanol–water partition coefficient (Wildman–Crippen LogP) is 3.28. The van der Waals surface area contributed by atoms with Crippen LogP contribution in [0.5, 0.6) is 0 Å². The van der Waals surface area contributed by atoms with E-state index in [4.69, 9.17) is 5.73 Å². The van der Waals surface area contributed by atoms with Crippen LogP contribution in [0.2, 0.25) is 0 Å². The predicted molar refractivity (Wildman–Crippen MR) is 58.1 cm³/mol. The molecular formula is C8H6Br2N2. The van der Waals surface area contributed by atoms with Crippen LogP contribution in [0.1, 0.15) is 0 Å². The highest BCUT2D eigenvalue weighted by Crippen LogP contribution is 2.33. The number of H-pyrrole nitrogens is 1. The summed E-state index contributed by atoms with van der Waals surface area (Å²) in [7, 11) is 0. The van der Waals surface area contributed by atoms with Crippen LogP contribution < -0.4 is 5.73 Å². The zero-order valence-corrected chi connectivity index (χ0v) is 9.24. The number of nitrogens with one attached hydrogen (secondary N) is 1. The smallest absolute Gasteiger partial charge is 0.0975 e. The van der Waals surface area contributed by atoms with Crippen molar-refractivity contribution in [2.75, 3.05) is 5.73 Å². The fraction of sp³-hybridized carbons (Fsp3) is 0. The summed E-state index contributed by atoms with van der Waals surface area (Å²) in [5.74, 6) is 0. The molecule has 0 fully saturated rings. The molecule has 2 aromatic rings. The minimum Gasteiger partial charge on any atom is -0.397 e. The fourth-order valence-electron chi connectivity index (χ4n) is 1.18. The van der Waals surface area contributed by atoms with E-state index in [1.54, 1.807) is 0 Å². The second kappa shape index (κ2) is 2.78. The van der Waals surface area contributed by atoms with Crippen molar-refractivity contribution in [1.29, 1.82) is 0 Å². The van der Waals surface area contributed by atoms with Crippen molar-refractivity contribution >= 4 is 48.5 Å². The van der Waals surface area contributed by atoms with Crippen molar-refractivity contribution in [1.82, 2.24) is 4.98 Å². The van der Waals surface area contributed by atoms with Crippen LogP contribution in [0.15, 0.2) is 27.3 Å². The summed E-state index contributed by atoms with van der Waals surface area (Å²) < 4.78 is 1.94. The first-order chi connectivity index (χ1) is 5.70. The third-order valence-corrected chi connectivity index (χ3v) is 3.71. The van der Waals surface area contributed by atoms with E-state index < -0.39 is 0 Å². The van der Waals surface area contributed by atoms with Crippen molar-refractivity contribution in [2.24, 2.45) is 0 Å². The highest BCUT2D eigenvalue weighted by Gasteiger charge is 2.07. The van der Waals surface area contributed by atoms with Gasteiger partial charge >= 0.3 is 0 Å². The number of hydrogen-bond donors (Lipinski definition) is 2. The number of benzene rings is 1. The van der Waals surface area contributed by atoms with Gasteiger partial charge in [0.2, 0.25) is 0 Å². The summed E-state index contributed by atoms with van der Waals surface area (Å²) in [6, 6.07) is 5.82. The zero-order valence-electron chi connectivity index (χ0n) is 6.07. The Bertz CT molecular complexity index is 434. The molecule has 1 aromatic carbocycles. The number of rotatable bonds is 0. The highest BCUT2D eigenvalue weighted by molar-refractivity contribution is 9.13. The number of fused-ring (bicyclic) bond motifs is 1. The van der Waals surface area contributed by atoms with Crippen molar-refractivity contribution in [3.63, 3.8) is 0 Å². The van der Waals surface area contributed by atoms with Crippen LogP contribution in [0, 0.1) is 0 Å². The molecule has 3 N–H and O–H groups in total. The Morgan fingerprint density at radius 1 is 1.25 bits per heavy atom. The maximum absolute atomic E-state index is 5.77. The second-order valence-corrected chi connectivity index (χ2v) is 4.11. The summed E-state index contributed by atoms with van der Waals surface area (Å²) in [5, 5.41) is 1.10. The first kappa shape index (κ1) is 8.13. The van der Waals surface area contributed by atoms with Crippen LogP contribution in [0.25, 0.3) is 10.9 Å². The maximum Gasteiger partial charge on any atom is 0.0975 e. The Hall–Kier alpha value is -0.480. The van der Waals surface area contributed by atoms with E-state index in [-0.39, 0.29) is 0 Å². The zero-order chi connectivity index (χ0) is 8.72. The lowest BCUT2D eigenvalue weighted by atomic mass is 10.2. The van der Waals surface area contributed by atoms with Gasteiger partial charge in [-0.25, -0.2) is 0 Å². The number of aromatic amines is 1.